The van der Waals surface area contributed by atoms with Crippen molar-refractivity contribution < 1.29 is 0 Å². The SMILES string of the molecule is CCCCc1cn(-c2c(Br)cccc2C(C)(C)C)c(=O)n1Cc1ccc(-c2cnccc2-c2nnn[nH]2)cc1. The van der Waals surface area contributed by atoms with Crippen molar-refractivity contribution in [2.75, 3.05) is 0 Å². The summed E-state index contributed by atoms with van der Waals surface area (Å²) < 4.78 is 4.64. The normalized spacial score (nSPS) is 11.7. The van der Waals surface area contributed by atoms with Gasteiger partial charge in [0.25, 0.3) is 0 Å². The van der Waals surface area contributed by atoms with Crippen LogP contribution in [0.4, 0.5) is 0 Å². The van der Waals surface area contributed by atoms with Crippen molar-refractivity contribution >= 4 is 15.9 Å². The lowest BCUT2D eigenvalue weighted by Crippen LogP contribution is -2.27. The van der Waals surface area contributed by atoms with Gasteiger partial charge in [-0.15, -0.1) is 5.10 Å². The Labute approximate surface area is 236 Å². The van der Waals surface area contributed by atoms with Crippen LogP contribution in [-0.4, -0.2) is 34.7 Å². The lowest BCUT2D eigenvalue weighted by atomic mass is 9.86. The molecule has 0 radical (unpaired) electrons. The molecule has 200 valence electrons. The van der Waals surface area contributed by atoms with Crippen molar-refractivity contribution in [3.8, 4) is 28.2 Å². The fraction of sp³-hybridized carbons (Fsp3) is 0.300. The number of imidazole rings is 1. The Morgan fingerprint density at radius 1 is 1.03 bits per heavy atom. The van der Waals surface area contributed by atoms with Gasteiger partial charge >= 0.3 is 5.69 Å². The summed E-state index contributed by atoms with van der Waals surface area (Å²) in [5, 5.41) is 14.3. The summed E-state index contributed by atoms with van der Waals surface area (Å²) in [5.41, 5.74) is 6.77. The number of aryl methyl sites for hydroxylation is 1. The quantitative estimate of drug-likeness (QED) is 0.229. The highest BCUT2D eigenvalue weighted by molar-refractivity contribution is 9.10. The van der Waals surface area contributed by atoms with Crippen LogP contribution in [0.15, 0.2) is 76.4 Å². The number of halogens is 1. The molecule has 0 saturated heterocycles. The van der Waals surface area contributed by atoms with E-state index in [4.69, 9.17) is 0 Å². The summed E-state index contributed by atoms with van der Waals surface area (Å²) in [6.07, 6.45) is 8.48. The van der Waals surface area contributed by atoms with Crippen molar-refractivity contribution in [3.05, 3.63) is 98.9 Å². The number of rotatable bonds is 8. The number of H-pyrrole nitrogens is 1. The van der Waals surface area contributed by atoms with E-state index in [0.717, 1.165) is 62.9 Å². The number of tetrazole rings is 1. The average Bonchev–Trinajstić information content (AvgIpc) is 3.56. The van der Waals surface area contributed by atoms with E-state index in [-0.39, 0.29) is 11.1 Å². The van der Waals surface area contributed by atoms with E-state index in [1.165, 1.54) is 0 Å². The second-order valence-electron chi connectivity index (χ2n) is 10.7. The van der Waals surface area contributed by atoms with Crippen LogP contribution >= 0.6 is 15.9 Å². The van der Waals surface area contributed by atoms with Gasteiger partial charge in [-0.1, -0.05) is 70.5 Å². The lowest BCUT2D eigenvalue weighted by molar-refractivity contribution is 0.584. The van der Waals surface area contributed by atoms with Gasteiger partial charge in [0.15, 0.2) is 5.82 Å². The molecule has 39 heavy (non-hydrogen) atoms. The first-order chi connectivity index (χ1) is 18.8. The van der Waals surface area contributed by atoms with Crippen LogP contribution in [0, 0.1) is 0 Å². The molecular formula is C30H32BrN7O. The van der Waals surface area contributed by atoms with Crippen LogP contribution < -0.4 is 5.69 Å². The number of benzene rings is 2. The summed E-state index contributed by atoms with van der Waals surface area (Å²) in [6, 6.07) is 16.3. The van der Waals surface area contributed by atoms with Crippen molar-refractivity contribution in [2.24, 2.45) is 0 Å². The topological polar surface area (TPSA) is 94.3 Å². The highest BCUT2D eigenvalue weighted by atomic mass is 79.9. The average molecular weight is 587 g/mol. The molecule has 0 aliphatic heterocycles. The summed E-state index contributed by atoms with van der Waals surface area (Å²) in [7, 11) is 0. The van der Waals surface area contributed by atoms with Gasteiger partial charge in [-0.05, 0) is 73.4 Å². The molecule has 0 aliphatic rings. The molecule has 0 unspecified atom stereocenters. The minimum atomic E-state index is -0.118. The van der Waals surface area contributed by atoms with Crippen LogP contribution in [0.25, 0.3) is 28.2 Å². The third-order valence-electron chi connectivity index (χ3n) is 6.91. The Morgan fingerprint density at radius 3 is 2.51 bits per heavy atom. The van der Waals surface area contributed by atoms with Crippen LogP contribution in [0.2, 0.25) is 0 Å². The zero-order chi connectivity index (χ0) is 27.6. The number of pyridine rings is 1. The molecule has 0 atom stereocenters. The first kappa shape index (κ1) is 26.7. The number of hydrogen-bond acceptors (Lipinski definition) is 5. The predicted molar refractivity (Wildman–Crippen MR) is 157 cm³/mol. The van der Waals surface area contributed by atoms with E-state index in [0.29, 0.717) is 12.4 Å². The molecule has 0 aliphatic carbocycles. The van der Waals surface area contributed by atoms with E-state index in [1.807, 2.05) is 39.7 Å². The second kappa shape index (κ2) is 11.1. The van der Waals surface area contributed by atoms with Crippen LogP contribution in [0.5, 0.6) is 0 Å². The number of nitrogens with zero attached hydrogens (tertiary/aromatic N) is 6. The molecule has 8 nitrogen and oxygen atoms in total. The van der Waals surface area contributed by atoms with Gasteiger partial charge in [-0.2, -0.15) is 0 Å². The highest BCUT2D eigenvalue weighted by Gasteiger charge is 2.23. The lowest BCUT2D eigenvalue weighted by Gasteiger charge is -2.23. The molecule has 3 heterocycles. The summed E-state index contributed by atoms with van der Waals surface area (Å²) in [6.45, 7) is 9.18. The van der Waals surface area contributed by atoms with Gasteiger partial charge < -0.3 is 0 Å². The Morgan fingerprint density at radius 2 is 1.82 bits per heavy atom. The minimum absolute atomic E-state index is 0.0325. The molecule has 0 bridgehead atoms. The van der Waals surface area contributed by atoms with E-state index in [1.54, 1.807) is 6.20 Å². The fourth-order valence-corrected chi connectivity index (χ4v) is 5.41. The van der Waals surface area contributed by atoms with Gasteiger partial charge in [-0.3, -0.25) is 14.1 Å². The van der Waals surface area contributed by atoms with E-state index in [9.17, 15) is 4.79 Å². The molecule has 2 aromatic carbocycles. The van der Waals surface area contributed by atoms with E-state index >= 15 is 0 Å². The van der Waals surface area contributed by atoms with Gasteiger partial charge in [0.05, 0.1) is 12.2 Å². The van der Waals surface area contributed by atoms with Gasteiger partial charge in [0.2, 0.25) is 0 Å². The van der Waals surface area contributed by atoms with Crippen molar-refractivity contribution in [1.29, 1.82) is 0 Å². The maximum absolute atomic E-state index is 13.9. The van der Waals surface area contributed by atoms with Crippen LogP contribution in [-0.2, 0) is 18.4 Å². The molecular weight excluding hydrogens is 554 g/mol. The third-order valence-corrected chi connectivity index (χ3v) is 7.55. The van der Waals surface area contributed by atoms with Gasteiger partial charge in [0, 0.05) is 39.9 Å². The Bertz CT molecular complexity index is 1630. The summed E-state index contributed by atoms with van der Waals surface area (Å²) >= 11 is 3.73. The molecule has 0 spiro atoms. The molecule has 3 aromatic heterocycles. The van der Waals surface area contributed by atoms with Gasteiger partial charge in [0.1, 0.15) is 0 Å². The number of nitrogens with one attached hydrogen (secondary N) is 1. The fourth-order valence-electron chi connectivity index (χ4n) is 4.86. The largest absolute Gasteiger partial charge is 0.333 e. The first-order valence-electron chi connectivity index (χ1n) is 13.2. The maximum atomic E-state index is 13.9. The monoisotopic (exact) mass is 585 g/mol. The minimum Gasteiger partial charge on any atom is -0.292 e. The van der Waals surface area contributed by atoms with Crippen LogP contribution in [0.1, 0.15) is 57.4 Å². The molecule has 0 amide bonds. The Balaban J connectivity index is 1.52. The first-order valence-corrected chi connectivity index (χ1v) is 13.9. The van der Waals surface area contributed by atoms with Crippen LogP contribution in [0.3, 0.4) is 0 Å². The van der Waals surface area contributed by atoms with E-state index < -0.39 is 0 Å². The predicted octanol–water partition coefficient (Wildman–Crippen LogP) is 6.33. The number of aromatic nitrogens is 7. The smallest absolute Gasteiger partial charge is 0.292 e. The number of unbranched alkanes of at least 4 members (excludes halogenated alkanes) is 1. The summed E-state index contributed by atoms with van der Waals surface area (Å²) in [4.78, 5) is 18.2. The molecule has 5 aromatic rings. The molecule has 0 fully saturated rings. The Hall–Kier alpha value is -3.85. The third kappa shape index (κ3) is 5.49. The van der Waals surface area contributed by atoms with Crippen molar-refractivity contribution in [3.63, 3.8) is 0 Å². The zero-order valence-electron chi connectivity index (χ0n) is 22.6. The zero-order valence-corrected chi connectivity index (χ0v) is 24.2. The van der Waals surface area contributed by atoms with Crippen molar-refractivity contribution in [2.45, 2.75) is 58.9 Å². The second-order valence-corrected chi connectivity index (χ2v) is 11.6. The molecule has 9 heteroatoms. The summed E-state index contributed by atoms with van der Waals surface area (Å²) in [5.74, 6) is 0.589. The molecule has 0 saturated carbocycles. The number of hydrogen-bond donors (Lipinski definition) is 1. The molecule has 1 N–H and O–H groups in total. The molecule has 5 rings (SSSR count). The van der Waals surface area contributed by atoms with Gasteiger partial charge in [-0.25, -0.2) is 9.89 Å². The Kier molecular flexibility index (Phi) is 7.61. The standard InChI is InChI=1S/C30H32BrN7O/c1-5-6-8-22-19-38(27-25(30(2,3)4)9-7-10-26(27)31)29(39)37(22)18-20-11-13-21(14-12-20)24-17-32-16-15-23(24)28-33-35-36-34-28/h7,9-17,19H,5-6,8,18H2,1-4H3,(H,33,34,35,36). The highest BCUT2D eigenvalue weighted by Crippen LogP contribution is 2.33. The van der Waals surface area contributed by atoms with E-state index in [2.05, 4.69) is 99.6 Å². The van der Waals surface area contributed by atoms with Crippen molar-refractivity contribution in [1.82, 2.24) is 34.7 Å². The number of para-hydroxylation sites is 1. The maximum Gasteiger partial charge on any atom is 0.333 e. The number of aromatic amines is 1.